The fraction of sp³-hybridized carbons (Fsp3) is 1.00. The van der Waals surface area contributed by atoms with Crippen LogP contribution < -0.4 is 0 Å². The predicted molar refractivity (Wildman–Crippen MR) is 46.3 cm³/mol. The van der Waals surface area contributed by atoms with E-state index in [9.17, 15) is 2.87 Å². The first kappa shape index (κ1) is 10.7. The van der Waals surface area contributed by atoms with Crippen molar-refractivity contribution >= 4 is 20.3 Å². The molecule has 0 atom stereocenters. The molecule has 0 aliphatic carbocycles. The van der Waals surface area contributed by atoms with Crippen LogP contribution in [0.4, 0.5) is 2.87 Å². The Bertz CT molecular complexity index is 93.4. The van der Waals surface area contributed by atoms with Gasteiger partial charge in [-0.2, -0.15) is 0 Å². The zero-order valence-electron chi connectivity index (χ0n) is 7.88. The van der Waals surface area contributed by atoms with Gasteiger partial charge in [-0.1, -0.05) is 0 Å². The van der Waals surface area contributed by atoms with Gasteiger partial charge in [-0.3, -0.25) is 0 Å². The monoisotopic (exact) mass is 253 g/mol. The molecular formula is C8H18FSn. The Morgan fingerprint density at radius 3 is 1.00 bits per heavy atom. The second kappa shape index (κ2) is 3.00. The van der Waals surface area contributed by atoms with Gasteiger partial charge in [0.15, 0.2) is 0 Å². The van der Waals surface area contributed by atoms with Crippen molar-refractivity contribution in [2.45, 2.75) is 48.4 Å². The van der Waals surface area contributed by atoms with E-state index in [0.717, 1.165) is 0 Å². The van der Waals surface area contributed by atoms with Gasteiger partial charge < -0.3 is 0 Å². The van der Waals surface area contributed by atoms with E-state index in [2.05, 4.69) is 0 Å². The van der Waals surface area contributed by atoms with Gasteiger partial charge in [-0.25, -0.2) is 0 Å². The number of hydrogen-bond donors (Lipinski definition) is 0. The zero-order chi connectivity index (χ0) is 8.58. The Morgan fingerprint density at radius 1 is 0.800 bits per heavy atom. The molecule has 0 saturated carbocycles. The van der Waals surface area contributed by atoms with Crippen LogP contribution in [0.15, 0.2) is 0 Å². The average molecular weight is 252 g/mol. The van der Waals surface area contributed by atoms with Crippen LogP contribution in [0.1, 0.15) is 41.5 Å². The number of halogens is 1. The maximum absolute atomic E-state index is 13.6. The third-order valence-corrected chi connectivity index (χ3v) is 8.83. The minimum atomic E-state index is -2.64. The molecule has 0 aromatic carbocycles. The molecule has 0 spiro atoms. The summed E-state index contributed by atoms with van der Waals surface area (Å²) in [5.74, 6) is 0. The van der Waals surface area contributed by atoms with Gasteiger partial charge in [0.25, 0.3) is 0 Å². The van der Waals surface area contributed by atoms with Gasteiger partial charge in [0.05, 0.1) is 0 Å². The first-order valence-electron chi connectivity index (χ1n) is 3.69. The molecule has 0 amide bonds. The van der Waals surface area contributed by atoms with E-state index < -0.39 is 20.3 Å². The van der Waals surface area contributed by atoms with Crippen LogP contribution in [0.3, 0.4) is 0 Å². The van der Waals surface area contributed by atoms with E-state index in [0.29, 0.717) is 0 Å². The van der Waals surface area contributed by atoms with Gasteiger partial charge >= 0.3 is 71.6 Å². The molecular weight excluding hydrogens is 234 g/mol. The van der Waals surface area contributed by atoms with Gasteiger partial charge in [0, 0.05) is 0 Å². The van der Waals surface area contributed by atoms with Gasteiger partial charge in [0.2, 0.25) is 0 Å². The molecule has 0 fully saturated rings. The summed E-state index contributed by atoms with van der Waals surface area (Å²) >= 11 is -2.64. The molecule has 0 aromatic rings. The van der Waals surface area contributed by atoms with Gasteiger partial charge in [0.1, 0.15) is 0 Å². The molecule has 0 bridgehead atoms. The number of rotatable bonds is 0. The summed E-state index contributed by atoms with van der Waals surface area (Å²) in [4.78, 5) is 0. The summed E-state index contributed by atoms with van der Waals surface area (Å²) in [6.45, 7) is 12.1. The molecule has 2 heteroatoms. The van der Waals surface area contributed by atoms with Crippen LogP contribution in [-0.2, 0) is 0 Å². The molecule has 0 unspecified atom stereocenters. The molecule has 1 radical (unpaired) electrons. The molecule has 10 heavy (non-hydrogen) atoms. The van der Waals surface area contributed by atoms with Crippen molar-refractivity contribution in [1.82, 2.24) is 0 Å². The predicted octanol–water partition coefficient (Wildman–Crippen LogP) is 3.55. The second-order valence-corrected chi connectivity index (χ2v) is 15.2. The molecule has 0 heterocycles. The third kappa shape index (κ3) is 3.22. The molecule has 0 aliphatic rings. The molecule has 0 aromatic heterocycles. The number of hydrogen-bond acceptors (Lipinski definition) is 0. The molecule has 0 rings (SSSR count). The molecule has 0 aliphatic heterocycles. The van der Waals surface area contributed by atoms with Crippen molar-refractivity contribution in [1.29, 1.82) is 0 Å². The Kier molecular flexibility index (Phi) is 3.21. The maximum atomic E-state index is 13.6. The average Bonchev–Trinajstić information content (AvgIpc) is 1.59. The summed E-state index contributed by atoms with van der Waals surface area (Å²) in [6, 6.07) is 0. The van der Waals surface area contributed by atoms with Crippen LogP contribution in [0.5, 0.6) is 0 Å². The Labute approximate surface area is 71.7 Å². The van der Waals surface area contributed by atoms with E-state index in [1.54, 1.807) is 0 Å². The topological polar surface area (TPSA) is 0 Å². The third-order valence-electron chi connectivity index (χ3n) is 1.32. The van der Waals surface area contributed by atoms with E-state index in [4.69, 9.17) is 0 Å². The summed E-state index contributed by atoms with van der Waals surface area (Å²) in [5.41, 5.74) is 0. The van der Waals surface area contributed by atoms with Crippen molar-refractivity contribution in [3.05, 3.63) is 0 Å². The van der Waals surface area contributed by atoms with Crippen LogP contribution in [0, 0.1) is 0 Å². The van der Waals surface area contributed by atoms with E-state index >= 15 is 0 Å². The standard InChI is InChI=1S/2C4H9.FH.Sn/c2*1-4(2)3;;/h2*1-3H3;1H;/q;;;+1/p-1. The van der Waals surface area contributed by atoms with Crippen molar-refractivity contribution in [2.24, 2.45) is 0 Å². The SMILES string of the molecule is C[C](C)(C)[Sn]([F])[C](C)(C)C. The zero-order valence-corrected chi connectivity index (χ0v) is 10.7. The van der Waals surface area contributed by atoms with E-state index in [1.807, 2.05) is 41.5 Å². The fourth-order valence-corrected chi connectivity index (χ4v) is 7.55. The summed E-state index contributed by atoms with van der Waals surface area (Å²) in [5, 5.41) is 0. The fourth-order valence-electron chi connectivity index (χ4n) is 1.12. The molecule has 61 valence electrons. The van der Waals surface area contributed by atoms with Gasteiger partial charge in [-0.15, -0.1) is 0 Å². The van der Waals surface area contributed by atoms with Crippen LogP contribution >= 0.6 is 0 Å². The quantitative estimate of drug-likeness (QED) is 0.578. The Morgan fingerprint density at radius 2 is 1.00 bits per heavy atom. The van der Waals surface area contributed by atoms with Crippen molar-refractivity contribution in [3.63, 3.8) is 0 Å². The summed E-state index contributed by atoms with van der Waals surface area (Å²) < 4.78 is 13.6. The Balaban J connectivity index is 4.23. The first-order valence-corrected chi connectivity index (χ1v) is 7.62. The minimum absolute atomic E-state index is 0.0273. The van der Waals surface area contributed by atoms with Crippen molar-refractivity contribution in [2.75, 3.05) is 0 Å². The molecule has 0 N–H and O–H groups in total. The van der Waals surface area contributed by atoms with Gasteiger partial charge in [-0.05, 0) is 0 Å². The van der Waals surface area contributed by atoms with Crippen LogP contribution in [0.25, 0.3) is 0 Å². The summed E-state index contributed by atoms with van der Waals surface area (Å²) in [6.07, 6.45) is 0. The second-order valence-electron chi connectivity index (χ2n) is 4.81. The summed E-state index contributed by atoms with van der Waals surface area (Å²) in [7, 11) is 0. The van der Waals surface area contributed by atoms with E-state index in [1.165, 1.54) is 0 Å². The van der Waals surface area contributed by atoms with E-state index in [-0.39, 0.29) is 6.86 Å². The first-order chi connectivity index (χ1) is 4.15. The van der Waals surface area contributed by atoms with Crippen molar-refractivity contribution in [3.8, 4) is 0 Å². The Hall–Kier alpha value is 0.729. The molecule has 0 nitrogen and oxygen atoms in total. The van der Waals surface area contributed by atoms with Crippen LogP contribution in [0.2, 0.25) is 6.86 Å². The normalized spacial score (nSPS) is 14.4. The van der Waals surface area contributed by atoms with Crippen LogP contribution in [-0.4, -0.2) is 20.3 Å². The molecule has 0 saturated heterocycles. The van der Waals surface area contributed by atoms with Crippen molar-refractivity contribution < 1.29 is 2.87 Å².